The Labute approximate surface area is 114 Å². The molecular formula is C14H23N3O2. The number of methoxy groups -OCH3 is 1. The summed E-state index contributed by atoms with van der Waals surface area (Å²) in [7, 11) is 5.45. The summed E-state index contributed by atoms with van der Waals surface area (Å²) in [5.74, 6) is -0.124. The molecule has 0 aliphatic heterocycles. The van der Waals surface area contributed by atoms with Gasteiger partial charge in [0.1, 0.15) is 0 Å². The maximum atomic E-state index is 12.1. The van der Waals surface area contributed by atoms with Gasteiger partial charge in [-0.1, -0.05) is 6.92 Å². The molecule has 0 aromatic heterocycles. The van der Waals surface area contributed by atoms with Gasteiger partial charge in [0.2, 0.25) is 0 Å². The second-order valence-electron chi connectivity index (χ2n) is 4.70. The van der Waals surface area contributed by atoms with Gasteiger partial charge in [-0.25, -0.2) is 0 Å². The number of ether oxygens (including phenoxy) is 1. The van der Waals surface area contributed by atoms with Crippen molar-refractivity contribution >= 4 is 17.3 Å². The maximum Gasteiger partial charge on any atom is 0.251 e. The van der Waals surface area contributed by atoms with E-state index in [9.17, 15) is 4.79 Å². The Morgan fingerprint density at radius 3 is 2.63 bits per heavy atom. The molecule has 0 bridgehead atoms. The molecule has 5 nitrogen and oxygen atoms in total. The van der Waals surface area contributed by atoms with Crippen molar-refractivity contribution in [2.45, 2.75) is 19.4 Å². The zero-order valence-electron chi connectivity index (χ0n) is 12.1. The van der Waals surface area contributed by atoms with Crippen LogP contribution >= 0.6 is 0 Å². The first-order chi connectivity index (χ1) is 8.99. The van der Waals surface area contributed by atoms with Crippen LogP contribution in [0.5, 0.6) is 0 Å². The van der Waals surface area contributed by atoms with Crippen molar-refractivity contribution in [1.29, 1.82) is 0 Å². The Hall–Kier alpha value is -1.75. The van der Waals surface area contributed by atoms with E-state index in [2.05, 4.69) is 5.32 Å². The van der Waals surface area contributed by atoms with Crippen molar-refractivity contribution in [3.8, 4) is 0 Å². The van der Waals surface area contributed by atoms with Crippen LogP contribution in [0.3, 0.4) is 0 Å². The maximum absolute atomic E-state index is 12.1. The fourth-order valence-electron chi connectivity index (χ4n) is 1.83. The van der Waals surface area contributed by atoms with Gasteiger partial charge in [0.15, 0.2) is 0 Å². The van der Waals surface area contributed by atoms with E-state index in [1.165, 1.54) is 0 Å². The van der Waals surface area contributed by atoms with Crippen LogP contribution in [0.25, 0.3) is 0 Å². The second kappa shape index (κ2) is 6.99. The molecule has 0 radical (unpaired) electrons. The summed E-state index contributed by atoms with van der Waals surface area (Å²) in [5, 5.41) is 2.93. The molecule has 0 saturated carbocycles. The average molecular weight is 265 g/mol. The van der Waals surface area contributed by atoms with Crippen LogP contribution < -0.4 is 16.0 Å². The second-order valence-corrected chi connectivity index (χ2v) is 4.70. The van der Waals surface area contributed by atoms with E-state index in [-0.39, 0.29) is 11.9 Å². The van der Waals surface area contributed by atoms with Crippen molar-refractivity contribution in [3.63, 3.8) is 0 Å². The first kappa shape index (κ1) is 15.3. The molecule has 1 rings (SSSR count). The number of benzene rings is 1. The predicted octanol–water partition coefficient (Wildman–Crippen LogP) is 1.49. The average Bonchev–Trinajstić information content (AvgIpc) is 2.37. The Bertz CT molecular complexity index is 433. The van der Waals surface area contributed by atoms with Crippen LogP contribution in [0.1, 0.15) is 23.7 Å². The summed E-state index contributed by atoms with van der Waals surface area (Å²) in [6.07, 6.45) is 0.824. The minimum absolute atomic E-state index is 0.0206. The first-order valence-electron chi connectivity index (χ1n) is 6.36. The van der Waals surface area contributed by atoms with E-state index in [0.29, 0.717) is 17.9 Å². The molecule has 1 amide bonds. The summed E-state index contributed by atoms with van der Waals surface area (Å²) in [5.41, 5.74) is 8.00. The number of nitrogens with zero attached hydrogens (tertiary/aromatic N) is 1. The third kappa shape index (κ3) is 4.13. The molecule has 0 heterocycles. The third-order valence-electron chi connectivity index (χ3n) is 2.97. The van der Waals surface area contributed by atoms with E-state index >= 15 is 0 Å². The largest absolute Gasteiger partial charge is 0.397 e. The molecule has 106 valence electrons. The van der Waals surface area contributed by atoms with Crippen LogP contribution in [-0.2, 0) is 4.74 Å². The minimum Gasteiger partial charge on any atom is -0.397 e. The number of nitrogens with two attached hydrogens (primary N) is 1. The highest BCUT2D eigenvalue weighted by Crippen LogP contribution is 2.22. The number of rotatable bonds is 6. The normalized spacial score (nSPS) is 12.0. The van der Waals surface area contributed by atoms with Crippen LogP contribution in [0.15, 0.2) is 18.2 Å². The fraction of sp³-hybridized carbons (Fsp3) is 0.500. The molecule has 3 N–H and O–H groups in total. The molecule has 1 aromatic rings. The lowest BCUT2D eigenvalue weighted by molar-refractivity contribution is 0.0894. The SMILES string of the molecule is CCC(COC)NC(=O)c1ccc(N(C)C)c(N)c1. The molecule has 5 heteroatoms. The van der Waals surface area contributed by atoms with Crippen molar-refractivity contribution in [1.82, 2.24) is 5.32 Å². The topological polar surface area (TPSA) is 67.6 Å². The Morgan fingerprint density at radius 1 is 1.47 bits per heavy atom. The molecule has 0 saturated heterocycles. The van der Waals surface area contributed by atoms with Gasteiger partial charge in [-0.05, 0) is 24.6 Å². The van der Waals surface area contributed by atoms with Crippen LogP contribution in [-0.4, -0.2) is 39.8 Å². The molecule has 1 unspecified atom stereocenters. The van der Waals surface area contributed by atoms with Crippen LogP contribution in [0, 0.1) is 0 Å². The van der Waals surface area contributed by atoms with Crippen LogP contribution in [0.4, 0.5) is 11.4 Å². The van der Waals surface area contributed by atoms with Gasteiger partial charge >= 0.3 is 0 Å². The van der Waals surface area contributed by atoms with Crippen molar-refractivity contribution in [2.75, 3.05) is 38.4 Å². The van der Waals surface area contributed by atoms with E-state index < -0.39 is 0 Å². The van der Waals surface area contributed by atoms with Crippen molar-refractivity contribution < 1.29 is 9.53 Å². The summed E-state index contributed by atoms with van der Waals surface area (Å²) in [6, 6.07) is 5.35. The Morgan fingerprint density at radius 2 is 2.16 bits per heavy atom. The van der Waals surface area contributed by atoms with Gasteiger partial charge in [-0.2, -0.15) is 0 Å². The lowest BCUT2D eigenvalue weighted by atomic mass is 10.1. The van der Waals surface area contributed by atoms with E-state index in [4.69, 9.17) is 10.5 Å². The molecule has 0 aliphatic carbocycles. The number of nitrogens with one attached hydrogen (secondary N) is 1. The zero-order chi connectivity index (χ0) is 14.4. The number of anilines is 2. The summed E-state index contributed by atoms with van der Waals surface area (Å²) in [4.78, 5) is 14.0. The first-order valence-corrected chi connectivity index (χ1v) is 6.36. The van der Waals surface area contributed by atoms with Gasteiger partial charge in [0.25, 0.3) is 5.91 Å². The molecule has 1 aromatic carbocycles. The highest BCUT2D eigenvalue weighted by atomic mass is 16.5. The minimum atomic E-state index is -0.124. The summed E-state index contributed by atoms with van der Waals surface area (Å²) >= 11 is 0. The molecular weight excluding hydrogens is 242 g/mol. The Kier molecular flexibility index (Phi) is 5.63. The Balaban J connectivity index is 2.80. The lowest BCUT2D eigenvalue weighted by Crippen LogP contribution is -2.37. The fourth-order valence-corrected chi connectivity index (χ4v) is 1.83. The third-order valence-corrected chi connectivity index (χ3v) is 2.97. The molecule has 0 fully saturated rings. The van der Waals surface area contributed by atoms with Crippen molar-refractivity contribution in [3.05, 3.63) is 23.8 Å². The van der Waals surface area contributed by atoms with Gasteiger partial charge in [0, 0.05) is 26.8 Å². The van der Waals surface area contributed by atoms with Crippen molar-refractivity contribution in [2.24, 2.45) is 0 Å². The highest BCUT2D eigenvalue weighted by Gasteiger charge is 2.13. The summed E-state index contributed by atoms with van der Waals surface area (Å²) in [6.45, 7) is 2.51. The number of carbonyl (C=O) groups excluding carboxylic acids is 1. The molecule has 1 atom stereocenters. The predicted molar refractivity (Wildman–Crippen MR) is 78.6 cm³/mol. The number of carbonyl (C=O) groups is 1. The van der Waals surface area contributed by atoms with E-state index in [1.54, 1.807) is 19.2 Å². The van der Waals surface area contributed by atoms with Gasteiger partial charge in [-0.3, -0.25) is 4.79 Å². The quantitative estimate of drug-likeness (QED) is 0.765. The zero-order valence-corrected chi connectivity index (χ0v) is 12.1. The van der Waals surface area contributed by atoms with Gasteiger partial charge in [0.05, 0.1) is 24.0 Å². The monoisotopic (exact) mass is 265 g/mol. The number of nitrogen functional groups attached to an aromatic ring is 1. The molecule has 0 aliphatic rings. The standard InChI is InChI=1S/C14H23N3O2/c1-5-11(9-19-4)16-14(18)10-6-7-13(17(2)3)12(15)8-10/h6-8,11H,5,9,15H2,1-4H3,(H,16,18). The smallest absolute Gasteiger partial charge is 0.251 e. The molecule has 19 heavy (non-hydrogen) atoms. The molecule has 0 spiro atoms. The van der Waals surface area contributed by atoms with E-state index in [0.717, 1.165) is 12.1 Å². The van der Waals surface area contributed by atoms with Gasteiger partial charge < -0.3 is 20.7 Å². The number of hydrogen-bond acceptors (Lipinski definition) is 4. The number of hydrogen-bond donors (Lipinski definition) is 2. The van der Waals surface area contributed by atoms with Gasteiger partial charge in [-0.15, -0.1) is 0 Å². The number of amides is 1. The summed E-state index contributed by atoms with van der Waals surface area (Å²) < 4.78 is 5.06. The van der Waals surface area contributed by atoms with Crippen LogP contribution in [0.2, 0.25) is 0 Å². The highest BCUT2D eigenvalue weighted by molar-refractivity contribution is 5.96. The van der Waals surface area contributed by atoms with E-state index in [1.807, 2.05) is 32.0 Å². The lowest BCUT2D eigenvalue weighted by Gasteiger charge is -2.18.